The zero-order valence-corrected chi connectivity index (χ0v) is 11.1. The van der Waals surface area contributed by atoms with Crippen LogP contribution in [0, 0.1) is 11.8 Å². The molecule has 6 nitrogen and oxygen atoms in total. The van der Waals surface area contributed by atoms with E-state index in [4.69, 9.17) is 5.11 Å². The molecule has 1 aromatic rings. The molecule has 3 atom stereocenters. The van der Waals surface area contributed by atoms with Gasteiger partial charge in [-0.3, -0.25) is 4.79 Å². The highest BCUT2D eigenvalue weighted by atomic mass is 16.4. The molecular formula is C14H18N2O4. The average Bonchev–Trinajstić information content (AvgIpc) is 3.06. The summed E-state index contributed by atoms with van der Waals surface area (Å²) < 4.78 is 1.45. The lowest BCUT2D eigenvalue weighted by Gasteiger charge is -2.19. The Bertz CT molecular complexity index is 539. The van der Waals surface area contributed by atoms with Crippen LogP contribution in [-0.4, -0.2) is 50.8 Å². The van der Waals surface area contributed by atoms with Crippen molar-refractivity contribution in [2.75, 3.05) is 13.1 Å². The number of aromatic nitrogens is 1. The van der Waals surface area contributed by atoms with Crippen molar-refractivity contribution in [3.8, 4) is 0 Å². The summed E-state index contributed by atoms with van der Waals surface area (Å²) in [7, 11) is 0. The van der Waals surface area contributed by atoms with E-state index in [1.165, 1.54) is 10.6 Å². The number of hydrogen-bond acceptors (Lipinski definition) is 3. The third-order valence-corrected chi connectivity index (χ3v) is 4.53. The first-order chi connectivity index (χ1) is 9.56. The molecule has 2 heterocycles. The van der Waals surface area contributed by atoms with E-state index in [-0.39, 0.29) is 30.2 Å². The van der Waals surface area contributed by atoms with Crippen LogP contribution < -0.4 is 0 Å². The van der Waals surface area contributed by atoms with E-state index < -0.39 is 5.97 Å². The molecule has 1 aromatic heterocycles. The van der Waals surface area contributed by atoms with Crippen LogP contribution in [0.4, 0.5) is 0 Å². The number of aliphatic hydroxyl groups excluding tert-OH is 1. The number of carbonyl (C=O) groups is 2. The summed E-state index contributed by atoms with van der Waals surface area (Å²) in [5.74, 6) is -0.512. The Morgan fingerprint density at radius 2 is 2.10 bits per heavy atom. The minimum absolute atomic E-state index is 0.0458. The second-order valence-corrected chi connectivity index (χ2v) is 5.69. The summed E-state index contributed by atoms with van der Waals surface area (Å²) >= 11 is 0. The maximum Gasteiger partial charge on any atom is 0.352 e. The Labute approximate surface area is 116 Å². The highest BCUT2D eigenvalue weighted by Gasteiger charge is 2.43. The van der Waals surface area contributed by atoms with Gasteiger partial charge in [0.25, 0.3) is 0 Å². The summed E-state index contributed by atoms with van der Waals surface area (Å²) in [6.45, 7) is 1.32. The summed E-state index contributed by atoms with van der Waals surface area (Å²) in [6, 6.07) is 3.11. The molecule has 1 saturated heterocycles. The lowest BCUT2D eigenvalue weighted by atomic mass is 10.00. The first-order valence-corrected chi connectivity index (χ1v) is 6.90. The van der Waals surface area contributed by atoms with Gasteiger partial charge in [-0.15, -0.1) is 0 Å². The van der Waals surface area contributed by atoms with Gasteiger partial charge in [-0.2, -0.15) is 0 Å². The van der Waals surface area contributed by atoms with Crippen LogP contribution >= 0.6 is 0 Å². The monoisotopic (exact) mass is 278 g/mol. The zero-order chi connectivity index (χ0) is 14.3. The minimum atomic E-state index is -1.03. The molecule has 0 radical (unpaired) electrons. The topological polar surface area (TPSA) is 82.8 Å². The van der Waals surface area contributed by atoms with Crippen molar-refractivity contribution in [1.82, 2.24) is 9.47 Å². The van der Waals surface area contributed by atoms with E-state index in [0.29, 0.717) is 19.0 Å². The molecule has 20 heavy (non-hydrogen) atoms. The molecule has 108 valence electrons. The molecule has 1 saturated carbocycles. The third kappa shape index (κ3) is 2.20. The fourth-order valence-electron chi connectivity index (χ4n) is 3.43. The molecule has 6 heteroatoms. The van der Waals surface area contributed by atoms with Crippen LogP contribution in [-0.2, 0) is 11.3 Å². The van der Waals surface area contributed by atoms with Crippen LogP contribution in [0.25, 0.3) is 0 Å². The Hall–Kier alpha value is -1.82. The number of amides is 1. The third-order valence-electron chi connectivity index (χ3n) is 4.53. The van der Waals surface area contributed by atoms with Gasteiger partial charge in [-0.05, 0) is 30.9 Å². The van der Waals surface area contributed by atoms with Gasteiger partial charge in [-0.1, -0.05) is 0 Å². The molecule has 1 amide bonds. The summed E-state index contributed by atoms with van der Waals surface area (Å²) in [5, 5.41) is 18.9. The van der Waals surface area contributed by atoms with E-state index in [2.05, 4.69) is 0 Å². The van der Waals surface area contributed by atoms with Gasteiger partial charge in [0, 0.05) is 25.2 Å². The number of rotatable bonds is 3. The fourth-order valence-corrected chi connectivity index (χ4v) is 3.43. The predicted octanol–water partition coefficient (Wildman–Crippen LogP) is 0.416. The number of carbonyl (C=O) groups excluding carboxylic acids is 1. The van der Waals surface area contributed by atoms with Crippen molar-refractivity contribution in [3.05, 3.63) is 24.0 Å². The number of hydrogen-bond donors (Lipinski definition) is 2. The number of carboxylic acid groups (broad SMARTS) is 1. The van der Waals surface area contributed by atoms with E-state index >= 15 is 0 Å². The van der Waals surface area contributed by atoms with Crippen molar-refractivity contribution in [3.63, 3.8) is 0 Å². The van der Waals surface area contributed by atoms with Gasteiger partial charge in [0.1, 0.15) is 12.2 Å². The minimum Gasteiger partial charge on any atom is -0.477 e. The van der Waals surface area contributed by atoms with Gasteiger partial charge in [0.15, 0.2) is 0 Å². The number of nitrogens with zero attached hydrogens (tertiary/aromatic N) is 2. The van der Waals surface area contributed by atoms with E-state index in [0.717, 1.165) is 12.8 Å². The molecule has 1 aliphatic heterocycles. The maximum atomic E-state index is 12.3. The zero-order valence-electron chi connectivity index (χ0n) is 11.1. The Morgan fingerprint density at radius 1 is 1.30 bits per heavy atom. The first kappa shape index (κ1) is 13.2. The van der Waals surface area contributed by atoms with E-state index in [9.17, 15) is 14.7 Å². The Balaban J connectivity index is 1.66. The smallest absolute Gasteiger partial charge is 0.352 e. The van der Waals surface area contributed by atoms with Gasteiger partial charge >= 0.3 is 5.97 Å². The van der Waals surface area contributed by atoms with Gasteiger partial charge in [-0.25, -0.2) is 4.79 Å². The molecule has 2 N–H and O–H groups in total. The lowest BCUT2D eigenvalue weighted by Crippen LogP contribution is -2.34. The quantitative estimate of drug-likeness (QED) is 0.839. The van der Waals surface area contributed by atoms with Crippen molar-refractivity contribution in [1.29, 1.82) is 0 Å². The van der Waals surface area contributed by atoms with E-state index in [1.807, 2.05) is 0 Å². The second-order valence-electron chi connectivity index (χ2n) is 5.69. The number of likely N-dealkylation sites (tertiary alicyclic amines) is 1. The Kier molecular flexibility index (Phi) is 3.25. The van der Waals surface area contributed by atoms with Gasteiger partial charge < -0.3 is 19.7 Å². The summed E-state index contributed by atoms with van der Waals surface area (Å²) in [6.07, 6.45) is 3.11. The summed E-state index contributed by atoms with van der Waals surface area (Å²) in [4.78, 5) is 25.0. The van der Waals surface area contributed by atoms with Gasteiger partial charge in [0.05, 0.1) is 6.10 Å². The normalized spacial score (nSPS) is 28.6. The molecule has 0 spiro atoms. The van der Waals surface area contributed by atoms with E-state index in [1.54, 1.807) is 17.2 Å². The number of aromatic carboxylic acids is 1. The molecule has 2 fully saturated rings. The number of aliphatic hydroxyl groups is 1. The van der Waals surface area contributed by atoms with Crippen molar-refractivity contribution in [2.24, 2.45) is 11.8 Å². The van der Waals surface area contributed by atoms with Crippen LogP contribution in [0.5, 0.6) is 0 Å². The molecular weight excluding hydrogens is 260 g/mol. The van der Waals surface area contributed by atoms with Crippen molar-refractivity contribution >= 4 is 11.9 Å². The molecule has 0 aromatic carbocycles. The largest absolute Gasteiger partial charge is 0.477 e. The van der Waals surface area contributed by atoms with Gasteiger partial charge in [0.2, 0.25) is 5.91 Å². The van der Waals surface area contributed by atoms with Crippen LogP contribution in [0.15, 0.2) is 18.3 Å². The molecule has 2 aliphatic rings. The van der Waals surface area contributed by atoms with Crippen LogP contribution in [0.2, 0.25) is 0 Å². The van der Waals surface area contributed by atoms with Crippen LogP contribution in [0.3, 0.4) is 0 Å². The number of carboxylic acids is 1. The maximum absolute atomic E-state index is 12.3. The molecule has 1 aliphatic carbocycles. The molecule has 3 unspecified atom stereocenters. The standard InChI is InChI=1S/C14H18N2O4/c17-12-4-3-9-6-16(7-10(9)12)13(18)8-15-5-1-2-11(15)14(19)20/h1-2,5,9-10,12,17H,3-4,6-8H2,(H,19,20). The highest BCUT2D eigenvalue weighted by Crippen LogP contribution is 2.38. The SMILES string of the molecule is O=C(O)c1cccn1CC(=O)N1CC2CCC(O)C2C1. The van der Waals surface area contributed by atoms with Crippen molar-refractivity contribution in [2.45, 2.75) is 25.5 Å². The average molecular weight is 278 g/mol. The second kappa shape index (κ2) is 4.94. The van der Waals surface area contributed by atoms with Crippen molar-refractivity contribution < 1.29 is 19.8 Å². The first-order valence-electron chi connectivity index (χ1n) is 6.90. The van der Waals surface area contributed by atoms with Crippen LogP contribution in [0.1, 0.15) is 23.3 Å². The summed E-state index contributed by atoms with van der Waals surface area (Å²) in [5.41, 5.74) is 0.123. The molecule has 0 bridgehead atoms. The number of fused-ring (bicyclic) bond motifs is 1. The lowest BCUT2D eigenvalue weighted by molar-refractivity contribution is -0.131. The fraction of sp³-hybridized carbons (Fsp3) is 0.571. The molecule has 3 rings (SSSR count). The Morgan fingerprint density at radius 3 is 2.80 bits per heavy atom. The predicted molar refractivity (Wildman–Crippen MR) is 70.2 cm³/mol. The highest BCUT2D eigenvalue weighted by molar-refractivity contribution is 5.87.